The number of anilines is 1. The number of hydrogen-bond acceptors (Lipinski definition) is 3. The maximum absolute atomic E-state index is 11.8. The van der Waals surface area contributed by atoms with Crippen molar-refractivity contribution >= 4 is 34.9 Å². The Labute approximate surface area is 169 Å². The predicted molar refractivity (Wildman–Crippen MR) is 108 cm³/mol. The molecular weight excluding hydrogens is 381 g/mol. The molecule has 140 valence electrons. The fourth-order valence-corrected chi connectivity index (χ4v) is 6.15. The second kappa shape index (κ2) is 6.42. The molecule has 1 aliphatic heterocycles. The lowest BCUT2D eigenvalue weighted by Crippen LogP contribution is -2.35. The molecule has 5 heteroatoms. The number of rotatable bonds is 2. The van der Waals surface area contributed by atoms with Crippen molar-refractivity contribution in [2.75, 3.05) is 12.4 Å². The van der Waals surface area contributed by atoms with E-state index in [1.165, 1.54) is 37.5 Å². The minimum absolute atomic E-state index is 0.181. The summed E-state index contributed by atoms with van der Waals surface area (Å²) in [5.74, 6) is 2.24. The highest BCUT2D eigenvalue weighted by Gasteiger charge is 2.54. The van der Waals surface area contributed by atoms with Crippen molar-refractivity contribution in [3.8, 4) is 0 Å². The normalized spacial score (nSPS) is 30.4. The van der Waals surface area contributed by atoms with Crippen molar-refractivity contribution in [1.82, 2.24) is 0 Å². The molecule has 0 amide bonds. The van der Waals surface area contributed by atoms with Gasteiger partial charge in [0, 0.05) is 0 Å². The van der Waals surface area contributed by atoms with Crippen LogP contribution in [0.5, 0.6) is 0 Å². The third kappa shape index (κ3) is 2.59. The molecule has 2 fully saturated rings. The van der Waals surface area contributed by atoms with Gasteiger partial charge in [-0.25, -0.2) is 4.79 Å². The molecule has 0 unspecified atom stereocenters. The van der Waals surface area contributed by atoms with Crippen LogP contribution < -0.4 is 5.32 Å². The van der Waals surface area contributed by atoms with Gasteiger partial charge in [-0.05, 0) is 72.3 Å². The summed E-state index contributed by atoms with van der Waals surface area (Å²) in [5, 5.41) is 4.91. The average molecular weight is 402 g/mol. The third-order valence-corrected chi connectivity index (χ3v) is 7.65. The van der Waals surface area contributed by atoms with E-state index in [4.69, 9.17) is 27.9 Å². The minimum atomic E-state index is -0.309. The van der Waals surface area contributed by atoms with E-state index >= 15 is 0 Å². The summed E-state index contributed by atoms with van der Waals surface area (Å²) < 4.78 is 4.82. The maximum atomic E-state index is 11.8. The van der Waals surface area contributed by atoms with Crippen LogP contribution in [0.2, 0.25) is 10.0 Å². The quantitative estimate of drug-likeness (QED) is 0.619. The molecule has 1 N–H and O–H groups in total. The predicted octanol–water partition coefficient (Wildman–Crippen LogP) is 6.08. The van der Waals surface area contributed by atoms with E-state index in [-0.39, 0.29) is 12.0 Å². The van der Waals surface area contributed by atoms with Crippen LogP contribution in [0, 0.1) is 17.8 Å². The number of nitrogens with one attached hydrogen (secondary N) is 1. The number of ether oxygens (including phenoxy) is 1. The minimum Gasteiger partial charge on any atom is -0.465 e. The standard InChI is InChI=1S/C22H21Cl2NO2/c1-27-22(26)12-4-2-11(3-5-12)20-18-14-7-6-13(10-14)17(18)15-8-9-16(23)19(24)21(15)25-20/h2-5,8-9,13-14,17-18,20,25H,6-7,10H2,1H3/t13-,14-,17+,18+,20-/m0/s1. The smallest absolute Gasteiger partial charge is 0.337 e. The molecule has 0 radical (unpaired) electrons. The van der Waals surface area contributed by atoms with Gasteiger partial charge in [0.2, 0.25) is 0 Å². The topological polar surface area (TPSA) is 38.3 Å². The Morgan fingerprint density at radius 2 is 1.81 bits per heavy atom. The number of hydrogen-bond donors (Lipinski definition) is 1. The zero-order chi connectivity index (χ0) is 18.7. The highest BCUT2D eigenvalue weighted by molar-refractivity contribution is 6.43. The van der Waals surface area contributed by atoms with E-state index in [2.05, 4.69) is 11.4 Å². The average Bonchev–Trinajstić information content (AvgIpc) is 3.32. The second-order valence-electron chi connectivity index (χ2n) is 8.00. The first kappa shape index (κ1) is 17.4. The first-order valence-electron chi connectivity index (χ1n) is 9.51. The molecule has 2 aliphatic carbocycles. The van der Waals surface area contributed by atoms with E-state index in [9.17, 15) is 4.79 Å². The van der Waals surface area contributed by atoms with Gasteiger partial charge in [0.15, 0.2) is 0 Å². The second-order valence-corrected chi connectivity index (χ2v) is 8.78. The van der Waals surface area contributed by atoms with Gasteiger partial charge in [0.25, 0.3) is 0 Å². The van der Waals surface area contributed by atoms with Crippen LogP contribution in [0.3, 0.4) is 0 Å². The Balaban J connectivity index is 1.58. The van der Waals surface area contributed by atoms with E-state index in [1.807, 2.05) is 30.3 Å². The lowest BCUT2D eigenvalue weighted by molar-refractivity contribution is 0.0600. The SMILES string of the molecule is COC(=O)c1ccc([C@@H]2Nc3c(ccc(Cl)c3Cl)[C@H]3[C@H]4CC[C@@H](C4)[C@H]32)cc1. The summed E-state index contributed by atoms with van der Waals surface area (Å²) in [6.45, 7) is 0. The largest absolute Gasteiger partial charge is 0.465 e. The number of carbonyl (C=O) groups is 1. The number of benzene rings is 2. The summed E-state index contributed by atoms with van der Waals surface area (Å²) in [7, 11) is 1.40. The van der Waals surface area contributed by atoms with Gasteiger partial charge in [-0.2, -0.15) is 0 Å². The van der Waals surface area contributed by atoms with Crippen molar-refractivity contribution in [3.63, 3.8) is 0 Å². The molecule has 2 saturated carbocycles. The number of halogens is 2. The molecule has 5 atom stereocenters. The summed E-state index contributed by atoms with van der Waals surface area (Å²) in [6, 6.07) is 12.0. The lowest BCUT2D eigenvalue weighted by Gasteiger charge is -2.44. The summed E-state index contributed by atoms with van der Waals surface area (Å²) in [4.78, 5) is 11.8. The molecule has 2 aromatic carbocycles. The van der Waals surface area contributed by atoms with Crippen molar-refractivity contribution in [2.24, 2.45) is 17.8 Å². The molecule has 5 rings (SSSR count). The molecule has 0 aromatic heterocycles. The Bertz CT molecular complexity index is 911. The number of esters is 1. The van der Waals surface area contributed by atoms with E-state index < -0.39 is 0 Å². The van der Waals surface area contributed by atoms with Crippen LogP contribution in [-0.2, 0) is 4.74 Å². The first-order chi connectivity index (χ1) is 13.1. The zero-order valence-electron chi connectivity index (χ0n) is 15.0. The van der Waals surface area contributed by atoms with Gasteiger partial charge in [0.1, 0.15) is 0 Å². The van der Waals surface area contributed by atoms with Gasteiger partial charge >= 0.3 is 5.97 Å². The Hall–Kier alpha value is -1.71. The van der Waals surface area contributed by atoms with Gasteiger partial charge in [-0.1, -0.05) is 41.4 Å². The number of methoxy groups -OCH3 is 1. The fraction of sp³-hybridized carbons (Fsp3) is 0.409. The van der Waals surface area contributed by atoms with E-state index in [0.717, 1.165) is 17.5 Å². The fourth-order valence-electron chi connectivity index (χ4n) is 5.77. The Morgan fingerprint density at radius 3 is 2.56 bits per heavy atom. The van der Waals surface area contributed by atoms with Gasteiger partial charge < -0.3 is 10.1 Å². The van der Waals surface area contributed by atoms with Crippen molar-refractivity contribution in [2.45, 2.75) is 31.2 Å². The van der Waals surface area contributed by atoms with Crippen LogP contribution >= 0.6 is 23.2 Å². The summed E-state index contributed by atoms with van der Waals surface area (Å²) in [5.41, 5.74) is 4.07. The molecule has 3 aliphatic rings. The Kier molecular flexibility index (Phi) is 4.14. The van der Waals surface area contributed by atoms with Gasteiger partial charge in [-0.3, -0.25) is 0 Å². The van der Waals surface area contributed by atoms with E-state index in [1.54, 1.807) is 0 Å². The van der Waals surface area contributed by atoms with Crippen molar-refractivity contribution in [3.05, 3.63) is 63.1 Å². The van der Waals surface area contributed by atoms with Gasteiger partial charge in [0.05, 0.1) is 34.4 Å². The molecule has 0 spiro atoms. The summed E-state index contributed by atoms with van der Waals surface area (Å²) in [6.07, 6.45) is 3.91. The van der Waals surface area contributed by atoms with Crippen LogP contribution in [0.25, 0.3) is 0 Å². The molecule has 1 heterocycles. The molecular formula is C22H21Cl2NO2. The lowest BCUT2D eigenvalue weighted by atomic mass is 9.68. The zero-order valence-corrected chi connectivity index (χ0v) is 16.6. The molecule has 2 aromatic rings. The third-order valence-electron chi connectivity index (χ3n) is 6.84. The molecule has 3 nitrogen and oxygen atoms in total. The molecule has 0 saturated heterocycles. The summed E-state index contributed by atoms with van der Waals surface area (Å²) >= 11 is 12.9. The van der Waals surface area contributed by atoms with Crippen molar-refractivity contribution in [1.29, 1.82) is 0 Å². The highest BCUT2D eigenvalue weighted by atomic mass is 35.5. The number of carbonyl (C=O) groups excluding carboxylic acids is 1. The van der Waals surface area contributed by atoms with Crippen LogP contribution in [-0.4, -0.2) is 13.1 Å². The maximum Gasteiger partial charge on any atom is 0.337 e. The monoisotopic (exact) mass is 401 g/mol. The van der Waals surface area contributed by atoms with Crippen molar-refractivity contribution < 1.29 is 9.53 Å². The molecule has 2 bridgehead atoms. The van der Waals surface area contributed by atoms with Crippen LogP contribution in [0.15, 0.2) is 36.4 Å². The van der Waals surface area contributed by atoms with Crippen LogP contribution in [0.4, 0.5) is 5.69 Å². The first-order valence-corrected chi connectivity index (χ1v) is 10.3. The molecule has 27 heavy (non-hydrogen) atoms. The van der Waals surface area contributed by atoms with E-state index in [0.29, 0.717) is 27.4 Å². The van der Waals surface area contributed by atoms with Crippen LogP contribution in [0.1, 0.15) is 52.7 Å². The number of fused-ring (bicyclic) bond motifs is 7. The highest BCUT2D eigenvalue weighted by Crippen LogP contribution is 2.64. The Morgan fingerprint density at radius 1 is 1.07 bits per heavy atom. The van der Waals surface area contributed by atoms with Gasteiger partial charge in [-0.15, -0.1) is 0 Å².